The van der Waals surface area contributed by atoms with Gasteiger partial charge in [0, 0.05) is 5.56 Å². The third kappa shape index (κ3) is 4.40. The molecule has 0 radical (unpaired) electrons. The van der Waals surface area contributed by atoms with Crippen LogP contribution in [0.5, 0.6) is 11.5 Å². The van der Waals surface area contributed by atoms with E-state index in [0.29, 0.717) is 0 Å². The highest BCUT2D eigenvalue weighted by molar-refractivity contribution is 5.87. The van der Waals surface area contributed by atoms with Crippen LogP contribution in [0, 0.1) is 0 Å². The number of benzene rings is 3. The summed E-state index contributed by atoms with van der Waals surface area (Å²) in [6.07, 6.45) is 5.44. The van der Waals surface area contributed by atoms with Crippen molar-refractivity contribution >= 4 is 11.6 Å². The summed E-state index contributed by atoms with van der Waals surface area (Å²) < 4.78 is 10.7. The van der Waals surface area contributed by atoms with E-state index < -0.39 is 0 Å². The topological polar surface area (TPSA) is 31.4 Å². The summed E-state index contributed by atoms with van der Waals surface area (Å²) in [5, 5.41) is 0. The van der Waals surface area contributed by atoms with Crippen molar-refractivity contribution in [3.05, 3.63) is 102 Å². The molecular weight excluding hydrogens is 406 g/mol. The zero-order valence-electron chi connectivity index (χ0n) is 19.0. The number of allylic oxidation sites excluding steroid dienone is 1. The lowest BCUT2D eigenvalue weighted by Crippen LogP contribution is -2.08. The first-order valence-electron chi connectivity index (χ1n) is 11.3. The highest BCUT2D eigenvalue weighted by atomic mass is 16.5. The molecule has 0 bridgehead atoms. The fourth-order valence-electron chi connectivity index (χ4n) is 4.49. The summed E-state index contributed by atoms with van der Waals surface area (Å²) in [6.45, 7) is 0. The van der Waals surface area contributed by atoms with Gasteiger partial charge in [-0.25, -0.2) is 4.98 Å². The minimum Gasteiger partial charge on any atom is -0.497 e. The second kappa shape index (κ2) is 9.33. The molecule has 1 aliphatic carbocycles. The number of hydrogen-bond acceptors (Lipinski definition) is 3. The second-order valence-corrected chi connectivity index (χ2v) is 8.27. The average molecular weight is 434 g/mol. The molecule has 0 atom stereocenters. The quantitative estimate of drug-likeness (QED) is 0.331. The number of aromatic nitrogens is 1. The van der Waals surface area contributed by atoms with Gasteiger partial charge in [-0.3, -0.25) is 0 Å². The minimum absolute atomic E-state index is 0.866. The second-order valence-electron chi connectivity index (χ2n) is 8.27. The molecule has 0 saturated heterocycles. The van der Waals surface area contributed by atoms with Crippen LogP contribution >= 0.6 is 0 Å². The van der Waals surface area contributed by atoms with Crippen LogP contribution in [0.3, 0.4) is 0 Å². The van der Waals surface area contributed by atoms with Gasteiger partial charge in [-0.15, -0.1) is 0 Å². The Hall–Kier alpha value is -3.85. The Kier molecular flexibility index (Phi) is 5.95. The van der Waals surface area contributed by atoms with Crippen LogP contribution in [-0.4, -0.2) is 19.2 Å². The van der Waals surface area contributed by atoms with Gasteiger partial charge in [-0.2, -0.15) is 0 Å². The van der Waals surface area contributed by atoms with Crippen molar-refractivity contribution in [2.24, 2.45) is 0 Å². The highest BCUT2D eigenvalue weighted by Gasteiger charge is 2.21. The summed E-state index contributed by atoms with van der Waals surface area (Å²) in [5.74, 6) is 1.73. The summed E-state index contributed by atoms with van der Waals surface area (Å²) in [4.78, 5) is 5.20. The molecule has 5 rings (SSSR count). The maximum absolute atomic E-state index is 5.38. The van der Waals surface area contributed by atoms with Crippen molar-refractivity contribution in [1.29, 1.82) is 0 Å². The Bertz CT molecular complexity index is 1270. The standard InChI is InChI=1S/C30H27NO2/c1-32-25-15-11-21(12-16-25)19-24-9-6-10-27-28(22-13-17-26(33-2)18-14-22)20-29(31-30(24)27)23-7-4-3-5-8-23/h3-5,7-8,11-20H,6,9-10H2,1-2H3/b24-19-. The molecule has 3 nitrogen and oxygen atoms in total. The fourth-order valence-corrected chi connectivity index (χ4v) is 4.49. The van der Waals surface area contributed by atoms with E-state index in [1.807, 2.05) is 30.3 Å². The Morgan fingerprint density at radius 1 is 0.727 bits per heavy atom. The van der Waals surface area contributed by atoms with E-state index in [4.69, 9.17) is 14.5 Å². The molecule has 0 unspecified atom stereocenters. The third-order valence-corrected chi connectivity index (χ3v) is 6.23. The van der Waals surface area contributed by atoms with Crippen molar-refractivity contribution < 1.29 is 9.47 Å². The predicted molar refractivity (Wildman–Crippen MR) is 135 cm³/mol. The lowest BCUT2D eigenvalue weighted by molar-refractivity contribution is 0.414. The molecule has 0 amide bonds. The first-order valence-corrected chi connectivity index (χ1v) is 11.3. The molecule has 0 N–H and O–H groups in total. The van der Waals surface area contributed by atoms with Crippen LogP contribution in [-0.2, 0) is 6.42 Å². The lowest BCUT2D eigenvalue weighted by Gasteiger charge is -2.23. The first-order chi connectivity index (χ1) is 16.2. The number of hydrogen-bond donors (Lipinski definition) is 0. The van der Waals surface area contributed by atoms with Gasteiger partial charge < -0.3 is 9.47 Å². The normalized spacial score (nSPS) is 14.1. The molecule has 164 valence electrons. The molecule has 0 aliphatic heterocycles. The molecule has 1 aliphatic rings. The van der Waals surface area contributed by atoms with E-state index in [0.717, 1.165) is 53.3 Å². The monoisotopic (exact) mass is 433 g/mol. The summed E-state index contributed by atoms with van der Waals surface area (Å²) in [5.41, 5.74) is 9.46. The fraction of sp³-hybridized carbons (Fsp3) is 0.167. The Morgan fingerprint density at radius 2 is 1.39 bits per heavy atom. The summed E-state index contributed by atoms with van der Waals surface area (Å²) >= 11 is 0. The summed E-state index contributed by atoms with van der Waals surface area (Å²) in [6, 6.07) is 29.2. The number of fused-ring (bicyclic) bond motifs is 1. The van der Waals surface area contributed by atoms with E-state index in [1.165, 1.54) is 22.3 Å². The molecular formula is C30H27NO2. The van der Waals surface area contributed by atoms with Crippen LogP contribution in [0.25, 0.3) is 34.0 Å². The first kappa shape index (κ1) is 21.0. The molecule has 4 aromatic rings. The Balaban J connectivity index is 1.67. The van der Waals surface area contributed by atoms with E-state index in [1.54, 1.807) is 14.2 Å². The zero-order valence-corrected chi connectivity index (χ0v) is 19.0. The van der Waals surface area contributed by atoms with Crippen molar-refractivity contribution in [3.63, 3.8) is 0 Å². The number of nitrogens with zero attached hydrogens (tertiary/aromatic N) is 1. The molecule has 0 saturated carbocycles. The largest absolute Gasteiger partial charge is 0.497 e. The maximum Gasteiger partial charge on any atom is 0.118 e. The number of methoxy groups -OCH3 is 2. The van der Waals surface area contributed by atoms with Gasteiger partial charge >= 0.3 is 0 Å². The zero-order chi connectivity index (χ0) is 22.6. The summed E-state index contributed by atoms with van der Waals surface area (Å²) in [7, 11) is 3.40. The number of ether oxygens (including phenoxy) is 2. The molecule has 0 fully saturated rings. The van der Waals surface area contributed by atoms with Gasteiger partial charge in [0.25, 0.3) is 0 Å². The van der Waals surface area contributed by atoms with Gasteiger partial charge in [0.15, 0.2) is 0 Å². The van der Waals surface area contributed by atoms with Crippen molar-refractivity contribution in [1.82, 2.24) is 4.98 Å². The third-order valence-electron chi connectivity index (χ3n) is 6.23. The Morgan fingerprint density at radius 3 is 2.06 bits per heavy atom. The number of rotatable bonds is 5. The predicted octanol–water partition coefficient (Wildman–Crippen LogP) is 7.31. The Labute approximate surface area is 195 Å². The number of pyridine rings is 1. The van der Waals surface area contributed by atoms with Gasteiger partial charge in [-0.05, 0) is 83.5 Å². The molecule has 3 aromatic carbocycles. The molecule has 33 heavy (non-hydrogen) atoms. The SMILES string of the molecule is COc1ccc(/C=C2/CCCc3c(-c4ccc(OC)cc4)cc(-c4ccccc4)nc32)cc1. The van der Waals surface area contributed by atoms with Gasteiger partial charge in [0.1, 0.15) is 11.5 Å². The molecule has 1 aromatic heterocycles. The van der Waals surface area contributed by atoms with Crippen LogP contribution in [0.1, 0.15) is 29.7 Å². The van der Waals surface area contributed by atoms with Gasteiger partial charge in [-0.1, -0.05) is 54.6 Å². The lowest BCUT2D eigenvalue weighted by atomic mass is 9.84. The van der Waals surface area contributed by atoms with Crippen molar-refractivity contribution in [3.8, 4) is 33.9 Å². The van der Waals surface area contributed by atoms with Crippen LogP contribution in [0.15, 0.2) is 84.9 Å². The van der Waals surface area contributed by atoms with Crippen LogP contribution in [0.4, 0.5) is 0 Å². The maximum atomic E-state index is 5.38. The molecule has 1 heterocycles. The van der Waals surface area contributed by atoms with Gasteiger partial charge in [0.05, 0.1) is 25.6 Å². The van der Waals surface area contributed by atoms with E-state index in [9.17, 15) is 0 Å². The van der Waals surface area contributed by atoms with E-state index >= 15 is 0 Å². The minimum atomic E-state index is 0.866. The van der Waals surface area contributed by atoms with Crippen molar-refractivity contribution in [2.45, 2.75) is 19.3 Å². The van der Waals surface area contributed by atoms with Crippen LogP contribution < -0.4 is 9.47 Å². The molecule has 3 heteroatoms. The highest BCUT2D eigenvalue weighted by Crippen LogP contribution is 2.39. The average Bonchev–Trinajstić information content (AvgIpc) is 2.89. The van der Waals surface area contributed by atoms with E-state index in [2.05, 4.69) is 60.7 Å². The van der Waals surface area contributed by atoms with Crippen molar-refractivity contribution in [2.75, 3.05) is 14.2 Å². The van der Waals surface area contributed by atoms with Crippen LogP contribution in [0.2, 0.25) is 0 Å². The van der Waals surface area contributed by atoms with E-state index in [-0.39, 0.29) is 0 Å². The molecule has 0 spiro atoms. The van der Waals surface area contributed by atoms with Gasteiger partial charge in [0.2, 0.25) is 0 Å². The smallest absolute Gasteiger partial charge is 0.118 e.